The van der Waals surface area contributed by atoms with Crippen molar-refractivity contribution in [3.8, 4) is 0 Å². The van der Waals surface area contributed by atoms with E-state index < -0.39 is 5.91 Å². The van der Waals surface area contributed by atoms with Crippen molar-refractivity contribution in [2.75, 3.05) is 5.73 Å². The van der Waals surface area contributed by atoms with Crippen LogP contribution in [0.1, 0.15) is 36.2 Å². The third kappa shape index (κ3) is 1.93. The SMILES string of the molecule is NC(=O)c1nnn(CC2CCCC2)c1N. The molecule has 0 unspecified atom stereocenters. The highest BCUT2D eigenvalue weighted by Gasteiger charge is 2.20. The van der Waals surface area contributed by atoms with Gasteiger partial charge in [0, 0.05) is 6.54 Å². The van der Waals surface area contributed by atoms with E-state index in [0.717, 1.165) is 6.54 Å². The Bertz CT molecular complexity index is 367. The molecule has 1 fully saturated rings. The number of amides is 1. The zero-order chi connectivity index (χ0) is 10.8. The van der Waals surface area contributed by atoms with Crippen molar-refractivity contribution in [1.82, 2.24) is 15.0 Å². The fourth-order valence-corrected chi connectivity index (χ4v) is 2.07. The van der Waals surface area contributed by atoms with Gasteiger partial charge in [-0.05, 0) is 18.8 Å². The maximum atomic E-state index is 10.9. The number of aromatic nitrogens is 3. The maximum Gasteiger partial charge on any atom is 0.273 e. The molecule has 0 radical (unpaired) electrons. The lowest BCUT2D eigenvalue weighted by atomic mass is 10.1. The second kappa shape index (κ2) is 3.88. The maximum absolute atomic E-state index is 10.9. The summed E-state index contributed by atoms with van der Waals surface area (Å²) in [5, 5.41) is 7.51. The number of anilines is 1. The molecule has 0 bridgehead atoms. The van der Waals surface area contributed by atoms with Crippen LogP contribution in [0, 0.1) is 5.92 Å². The van der Waals surface area contributed by atoms with E-state index in [9.17, 15) is 4.79 Å². The summed E-state index contributed by atoms with van der Waals surface area (Å²) in [4.78, 5) is 10.9. The molecule has 1 aromatic heterocycles. The number of primary amides is 1. The fraction of sp³-hybridized carbons (Fsp3) is 0.667. The topological polar surface area (TPSA) is 99.8 Å². The van der Waals surface area contributed by atoms with Gasteiger partial charge in [-0.25, -0.2) is 4.68 Å². The first-order chi connectivity index (χ1) is 7.18. The number of carbonyl (C=O) groups is 1. The van der Waals surface area contributed by atoms with Gasteiger partial charge in [0.15, 0.2) is 11.5 Å². The van der Waals surface area contributed by atoms with Crippen LogP contribution in [0.3, 0.4) is 0 Å². The molecular formula is C9H15N5O. The van der Waals surface area contributed by atoms with Crippen molar-refractivity contribution in [2.24, 2.45) is 11.7 Å². The lowest BCUT2D eigenvalue weighted by molar-refractivity contribution is 0.0996. The van der Waals surface area contributed by atoms with Crippen molar-refractivity contribution < 1.29 is 4.79 Å². The van der Waals surface area contributed by atoms with Crippen LogP contribution in [0.2, 0.25) is 0 Å². The van der Waals surface area contributed by atoms with Crippen LogP contribution in [-0.2, 0) is 6.54 Å². The van der Waals surface area contributed by atoms with Gasteiger partial charge in [-0.2, -0.15) is 0 Å². The van der Waals surface area contributed by atoms with Gasteiger partial charge >= 0.3 is 0 Å². The van der Waals surface area contributed by atoms with Gasteiger partial charge in [-0.15, -0.1) is 5.10 Å². The molecular weight excluding hydrogens is 194 g/mol. The average molecular weight is 209 g/mol. The molecule has 0 aliphatic heterocycles. The van der Waals surface area contributed by atoms with E-state index in [4.69, 9.17) is 11.5 Å². The largest absolute Gasteiger partial charge is 0.382 e. The van der Waals surface area contributed by atoms with E-state index in [-0.39, 0.29) is 11.5 Å². The standard InChI is InChI=1S/C9H15N5O/c10-8-7(9(11)15)12-13-14(8)5-6-3-1-2-4-6/h6H,1-5,10H2,(H2,11,15). The van der Waals surface area contributed by atoms with Crippen molar-refractivity contribution >= 4 is 11.7 Å². The van der Waals surface area contributed by atoms with Crippen LogP contribution in [0.25, 0.3) is 0 Å². The number of nitrogen functional groups attached to an aromatic ring is 1. The Labute approximate surface area is 87.6 Å². The van der Waals surface area contributed by atoms with Gasteiger partial charge in [-0.1, -0.05) is 18.1 Å². The Morgan fingerprint density at radius 3 is 2.67 bits per heavy atom. The molecule has 0 saturated heterocycles. The normalized spacial score (nSPS) is 17.1. The van der Waals surface area contributed by atoms with Gasteiger partial charge in [0.2, 0.25) is 0 Å². The average Bonchev–Trinajstić information content (AvgIpc) is 2.78. The summed E-state index contributed by atoms with van der Waals surface area (Å²) in [6, 6.07) is 0. The number of hydrogen-bond acceptors (Lipinski definition) is 4. The van der Waals surface area contributed by atoms with E-state index in [1.165, 1.54) is 25.7 Å². The number of carbonyl (C=O) groups excluding carboxylic acids is 1. The molecule has 2 rings (SSSR count). The van der Waals surface area contributed by atoms with Crippen molar-refractivity contribution in [3.63, 3.8) is 0 Å². The molecule has 0 spiro atoms. The van der Waals surface area contributed by atoms with Crippen LogP contribution in [0.4, 0.5) is 5.82 Å². The van der Waals surface area contributed by atoms with E-state index >= 15 is 0 Å². The molecule has 1 saturated carbocycles. The molecule has 0 aromatic carbocycles. The van der Waals surface area contributed by atoms with Gasteiger partial charge < -0.3 is 11.5 Å². The Kier molecular flexibility index (Phi) is 2.57. The van der Waals surface area contributed by atoms with E-state index in [2.05, 4.69) is 10.3 Å². The van der Waals surface area contributed by atoms with Crippen LogP contribution in [0.5, 0.6) is 0 Å². The lowest BCUT2D eigenvalue weighted by Crippen LogP contribution is -2.16. The van der Waals surface area contributed by atoms with Crippen LogP contribution in [0.15, 0.2) is 0 Å². The second-order valence-electron chi connectivity index (χ2n) is 4.02. The quantitative estimate of drug-likeness (QED) is 0.740. The van der Waals surface area contributed by atoms with Gasteiger partial charge in [-0.3, -0.25) is 4.79 Å². The van der Waals surface area contributed by atoms with Crippen molar-refractivity contribution in [1.29, 1.82) is 0 Å². The monoisotopic (exact) mass is 209 g/mol. The van der Waals surface area contributed by atoms with Gasteiger partial charge in [0.25, 0.3) is 5.91 Å². The summed E-state index contributed by atoms with van der Waals surface area (Å²) in [5.74, 6) is 0.272. The minimum absolute atomic E-state index is 0.0768. The summed E-state index contributed by atoms with van der Waals surface area (Å²) in [6.45, 7) is 0.742. The first kappa shape index (κ1) is 9.95. The molecule has 0 atom stereocenters. The molecule has 4 N–H and O–H groups in total. The zero-order valence-corrected chi connectivity index (χ0v) is 8.52. The van der Waals surface area contributed by atoms with Gasteiger partial charge in [0.05, 0.1) is 0 Å². The molecule has 82 valence electrons. The molecule has 6 heteroatoms. The molecule has 1 heterocycles. The van der Waals surface area contributed by atoms with E-state index in [1.807, 2.05) is 0 Å². The Morgan fingerprint density at radius 2 is 2.13 bits per heavy atom. The molecule has 1 aliphatic carbocycles. The Balaban J connectivity index is 2.11. The molecule has 1 aliphatic rings. The Morgan fingerprint density at radius 1 is 1.47 bits per heavy atom. The minimum Gasteiger partial charge on any atom is -0.382 e. The fourth-order valence-electron chi connectivity index (χ4n) is 2.07. The summed E-state index contributed by atoms with van der Waals surface area (Å²) in [6.07, 6.45) is 4.93. The lowest BCUT2D eigenvalue weighted by Gasteiger charge is -2.08. The third-order valence-electron chi connectivity index (χ3n) is 2.91. The number of nitrogens with zero attached hydrogens (tertiary/aromatic N) is 3. The smallest absolute Gasteiger partial charge is 0.273 e. The summed E-state index contributed by atoms with van der Waals surface area (Å²) in [7, 11) is 0. The van der Waals surface area contributed by atoms with Crippen molar-refractivity contribution in [2.45, 2.75) is 32.2 Å². The van der Waals surface area contributed by atoms with Crippen molar-refractivity contribution in [3.05, 3.63) is 5.69 Å². The first-order valence-corrected chi connectivity index (χ1v) is 5.17. The second-order valence-corrected chi connectivity index (χ2v) is 4.02. The van der Waals surface area contributed by atoms with Crippen LogP contribution >= 0.6 is 0 Å². The summed E-state index contributed by atoms with van der Waals surface area (Å²) < 4.78 is 1.58. The highest BCUT2D eigenvalue weighted by Crippen LogP contribution is 2.26. The highest BCUT2D eigenvalue weighted by atomic mass is 16.1. The van der Waals surface area contributed by atoms with Gasteiger partial charge in [0.1, 0.15) is 0 Å². The number of nitrogens with two attached hydrogens (primary N) is 2. The summed E-state index contributed by atoms with van der Waals surface area (Å²) in [5.41, 5.74) is 10.9. The van der Waals surface area contributed by atoms with E-state index in [1.54, 1.807) is 4.68 Å². The van der Waals surface area contributed by atoms with E-state index in [0.29, 0.717) is 5.92 Å². The first-order valence-electron chi connectivity index (χ1n) is 5.17. The summed E-state index contributed by atoms with van der Waals surface area (Å²) >= 11 is 0. The predicted octanol–water partition coefficient (Wildman–Crippen LogP) is 0.149. The van der Waals surface area contributed by atoms with Crippen LogP contribution in [-0.4, -0.2) is 20.9 Å². The Hall–Kier alpha value is -1.59. The molecule has 1 amide bonds. The highest BCUT2D eigenvalue weighted by molar-refractivity contribution is 5.94. The third-order valence-corrected chi connectivity index (χ3v) is 2.91. The zero-order valence-electron chi connectivity index (χ0n) is 8.52. The number of hydrogen-bond donors (Lipinski definition) is 2. The predicted molar refractivity (Wildman–Crippen MR) is 54.9 cm³/mol. The molecule has 6 nitrogen and oxygen atoms in total. The minimum atomic E-state index is -0.620. The number of rotatable bonds is 3. The van der Waals surface area contributed by atoms with Crippen LogP contribution < -0.4 is 11.5 Å². The molecule has 15 heavy (non-hydrogen) atoms. The molecule has 1 aromatic rings.